The highest BCUT2D eigenvalue weighted by Crippen LogP contribution is 1.82. The third-order valence-corrected chi connectivity index (χ3v) is 0.621. The van der Waals surface area contributed by atoms with E-state index in [4.69, 9.17) is 193 Å². The lowest BCUT2D eigenvalue weighted by atomic mass is 10.5. The van der Waals surface area contributed by atoms with Crippen LogP contribution >= 0.6 is 0 Å². The number of carboxylic acids is 19. The average Bonchev–Trinajstić information content (AvgIpc) is 3.07. The summed E-state index contributed by atoms with van der Waals surface area (Å²) in [6.07, 6.45) is 0.105. The van der Waals surface area contributed by atoms with Crippen molar-refractivity contribution in [2.24, 2.45) is 0 Å². The number of hydrogen-bond donors (Lipinski definition) is 20. The summed E-state index contributed by atoms with van der Waals surface area (Å²) in [7, 11) is 0. The van der Waals surface area contributed by atoms with E-state index in [0.717, 1.165) is 132 Å². The summed E-state index contributed by atoms with van der Waals surface area (Å²) in [6.45, 7) is 22.6. The van der Waals surface area contributed by atoms with Crippen LogP contribution in [0.25, 0.3) is 0 Å². The third kappa shape index (κ3) is 16400. The molecule has 20 N–H and O–H groups in total. The number of ether oxygens (including phenoxy) is 1. The molecule has 0 rings (SSSR count). The van der Waals surface area contributed by atoms with Crippen molar-refractivity contribution < 1.29 is 203 Å². The first-order chi connectivity index (χ1) is 36.7. The Morgan fingerprint density at radius 2 is 0.262 bits per heavy atom. The minimum atomic E-state index is -0.833. The first-order valence-corrected chi connectivity index (χ1v) is 20.2. The molecule has 0 aromatic heterocycles. The minimum absolute atomic E-state index is 0.105. The number of hydrogen-bond acceptors (Lipinski definition) is 22. The second-order valence-corrected chi connectivity index (χ2v) is 11.1. The van der Waals surface area contributed by atoms with Crippen molar-refractivity contribution in [3.63, 3.8) is 0 Å². The lowest BCUT2D eigenvalue weighted by molar-refractivity contribution is -0.144. The van der Waals surface area contributed by atoms with Gasteiger partial charge in [-0.2, -0.15) is 0 Å². The Morgan fingerprint density at radius 1 is 0.202 bits per heavy atom. The normalized spacial score (nSPS) is 6.49. The van der Waals surface area contributed by atoms with E-state index in [2.05, 4.69) is 4.74 Å². The van der Waals surface area contributed by atoms with Gasteiger partial charge in [0.15, 0.2) is 0 Å². The Hall–Kier alpha value is -10.6. The highest BCUT2D eigenvalue weighted by molar-refractivity contribution is 5.69. The smallest absolute Gasteiger partial charge is 0.308 e. The Labute approximate surface area is 479 Å². The molecule has 0 aliphatic rings. The monoisotopic (exact) mass is 1260 g/mol. The van der Waals surface area contributed by atoms with Crippen LogP contribution < -0.4 is 0 Å². The fourth-order valence-corrected chi connectivity index (χ4v) is 0.324. The molecule has 0 radical (unpaired) electrons. The van der Waals surface area contributed by atoms with Crippen molar-refractivity contribution in [3.05, 3.63) is 0 Å². The first kappa shape index (κ1) is 135. The average molecular weight is 1260 g/mol. The lowest BCUT2D eigenvalue weighted by Gasteiger charge is -1.96. The molecule has 0 fully saturated rings. The zero-order valence-electron chi connectivity index (χ0n) is 49.6. The third-order valence-electron chi connectivity index (χ3n) is 0.621. The predicted molar refractivity (Wildman–Crippen MR) is 281 cm³/mol. The van der Waals surface area contributed by atoms with E-state index in [-0.39, 0.29) is 19.0 Å². The number of aliphatic carboxylic acids is 19. The zero-order chi connectivity index (χ0) is 74.4. The summed E-state index contributed by atoms with van der Waals surface area (Å²) in [4.78, 5) is 181. The van der Waals surface area contributed by atoms with Crippen molar-refractivity contribution in [3.8, 4) is 0 Å². The Kier molecular flexibility index (Phi) is 208. The molecule has 84 heavy (non-hydrogen) atoms. The van der Waals surface area contributed by atoms with Gasteiger partial charge in [-0.05, 0) is 6.92 Å². The number of rotatable bonds is 3. The summed E-state index contributed by atoms with van der Waals surface area (Å²) < 4.78 is 4.48. The lowest BCUT2D eigenvalue weighted by Crippen LogP contribution is -2.05. The van der Waals surface area contributed by atoms with Crippen molar-refractivity contribution >= 4 is 119 Å². The fourth-order valence-electron chi connectivity index (χ4n) is 0.324. The fraction of sp³-hybridized carbons (Fsp3) is 0.535. The number of carbonyl (C=O) groups is 20. The van der Waals surface area contributed by atoms with Gasteiger partial charge in [-0.25, -0.2) is 0 Å². The van der Waals surface area contributed by atoms with E-state index >= 15 is 0 Å². The number of aliphatic hydroxyl groups is 1. The highest BCUT2D eigenvalue weighted by atomic mass is 16.5. The van der Waals surface area contributed by atoms with Gasteiger partial charge in [0.2, 0.25) is 0 Å². The maximum atomic E-state index is 10.3. The standard InChI is InChI=1S/C5H10O3.19C2H4O2/c1-2-8-5(7)3-4-6;19*1-2(3)4/h6H,2-4H2,1H3;19*1H3,(H,3,4). The van der Waals surface area contributed by atoms with Gasteiger partial charge in [0.05, 0.1) is 19.6 Å². The summed E-state index contributed by atoms with van der Waals surface area (Å²) >= 11 is 0. The second kappa shape index (κ2) is 129. The molecule has 0 aromatic rings. The van der Waals surface area contributed by atoms with Gasteiger partial charge in [0.1, 0.15) is 0 Å². The molecule has 0 unspecified atom stereocenters. The molecule has 0 aromatic carbocycles. The van der Waals surface area contributed by atoms with Gasteiger partial charge in [-0.15, -0.1) is 0 Å². The molecule has 0 amide bonds. The van der Waals surface area contributed by atoms with E-state index < -0.39 is 113 Å². The summed E-state index contributed by atoms with van der Waals surface area (Å²) in [6, 6.07) is 0. The van der Waals surface area contributed by atoms with Gasteiger partial charge in [-0.3, -0.25) is 95.9 Å². The number of carbonyl (C=O) groups excluding carboxylic acids is 1. The number of esters is 1. The molecular formula is C43H86O41. The van der Waals surface area contributed by atoms with Crippen molar-refractivity contribution in [2.75, 3.05) is 13.2 Å². The predicted octanol–water partition coefficient (Wildman–Crippen LogP) is 1.66. The van der Waals surface area contributed by atoms with Gasteiger partial charge in [-0.1, -0.05) is 0 Å². The van der Waals surface area contributed by atoms with Crippen LogP contribution in [0.1, 0.15) is 145 Å². The highest BCUT2D eigenvalue weighted by Gasteiger charge is 1.96. The van der Waals surface area contributed by atoms with E-state index in [9.17, 15) is 4.79 Å². The van der Waals surface area contributed by atoms with Crippen LogP contribution in [0.4, 0.5) is 0 Å². The van der Waals surface area contributed by atoms with E-state index in [1.165, 1.54) is 0 Å². The molecule has 504 valence electrons. The maximum Gasteiger partial charge on any atom is 0.308 e. The van der Waals surface area contributed by atoms with Crippen LogP contribution in [0, 0.1) is 0 Å². The molecule has 41 heteroatoms. The molecule has 0 saturated heterocycles. The van der Waals surface area contributed by atoms with Crippen LogP contribution in [-0.4, -0.2) is 235 Å². The molecule has 0 spiro atoms. The van der Waals surface area contributed by atoms with Gasteiger partial charge < -0.3 is 107 Å². The first-order valence-electron chi connectivity index (χ1n) is 20.2. The summed E-state index contributed by atoms with van der Waals surface area (Å²) in [5.41, 5.74) is 0. The molecule has 0 saturated carbocycles. The van der Waals surface area contributed by atoms with Crippen LogP contribution in [0.15, 0.2) is 0 Å². The Balaban J connectivity index is -0.0000000286. The topological polar surface area (TPSA) is 755 Å². The molecule has 41 nitrogen and oxygen atoms in total. The second-order valence-electron chi connectivity index (χ2n) is 11.1. The quantitative estimate of drug-likeness (QED) is 0.179. The Morgan fingerprint density at radius 3 is 0.298 bits per heavy atom. The molecule has 0 atom stereocenters. The van der Waals surface area contributed by atoms with E-state index in [0.29, 0.717) is 6.61 Å². The van der Waals surface area contributed by atoms with E-state index in [1.54, 1.807) is 6.92 Å². The van der Waals surface area contributed by atoms with Crippen molar-refractivity contribution in [1.29, 1.82) is 0 Å². The largest absolute Gasteiger partial charge is 0.481 e. The molecular weight excluding hydrogens is 1170 g/mol. The number of aliphatic hydroxyl groups excluding tert-OH is 1. The van der Waals surface area contributed by atoms with Crippen LogP contribution in [0.3, 0.4) is 0 Å². The maximum absolute atomic E-state index is 10.3. The van der Waals surface area contributed by atoms with Gasteiger partial charge in [0.25, 0.3) is 113 Å². The zero-order valence-corrected chi connectivity index (χ0v) is 49.6. The van der Waals surface area contributed by atoms with Gasteiger partial charge in [0, 0.05) is 132 Å². The molecule has 0 heterocycles. The summed E-state index contributed by atoms with van der Waals surface area (Å²) in [5, 5.41) is 149. The molecule has 0 aliphatic carbocycles. The van der Waals surface area contributed by atoms with Crippen LogP contribution in [0.5, 0.6) is 0 Å². The molecule has 0 aliphatic heterocycles. The SMILES string of the molecule is CC(=O)O.CC(=O)O.CC(=O)O.CC(=O)O.CC(=O)O.CC(=O)O.CC(=O)O.CC(=O)O.CC(=O)O.CC(=O)O.CC(=O)O.CC(=O)O.CC(=O)O.CC(=O)O.CC(=O)O.CC(=O)O.CC(=O)O.CC(=O)O.CC(=O)O.CCOC(=O)CCO. The molecule has 0 bridgehead atoms. The van der Waals surface area contributed by atoms with Crippen molar-refractivity contribution in [1.82, 2.24) is 0 Å². The van der Waals surface area contributed by atoms with Crippen molar-refractivity contribution in [2.45, 2.75) is 145 Å². The Bertz CT molecular complexity index is 1160. The minimum Gasteiger partial charge on any atom is -0.481 e. The van der Waals surface area contributed by atoms with Gasteiger partial charge >= 0.3 is 5.97 Å². The van der Waals surface area contributed by atoms with Crippen LogP contribution in [-0.2, 0) is 101 Å². The summed E-state index contributed by atoms with van der Waals surface area (Å²) in [5.74, 6) is -16.2. The number of carboxylic acid groups (broad SMARTS) is 19. The van der Waals surface area contributed by atoms with E-state index in [1.807, 2.05) is 0 Å². The van der Waals surface area contributed by atoms with Crippen LogP contribution in [0.2, 0.25) is 0 Å².